The minimum atomic E-state index is 1.08. The van der Waals surface area contributed by atoms with E-state index in [-0.39, 0.29) is 0 Å². The Kier molecular flexibility index (Phi) is 9.54. The smallest absolute Gasteiger partial charge is 0.0619 e. The molecular formula is C66H44N2. The predicted octanol–water partition coefficient (Wildman–Crippen LogP) is 18.4. The molecule has 0 fully saturated rings. The Morgan fingerprint density at radius 3 is 1.57 bits per heavy atom. The van der Waals surface area contributed by atoms with Gasteiger partial charge in [0.2, 0.25) is 0 Å². The molecule has 0 aliphatic heterocycles. The normalized spacial score (nSPS) is 11.5. The number of fused-ring (bicyclic) bond motifs is 7. The second-order valence-electron chi connectivity index (χ2n) is 17.6. The lowest BCUT2D eigenvalue weighted by Gasteiger charge is -2.27. The summed E-state index contributed by atoms with van der Waals surface area (Å²) in [5, 5.41) is 9.92. The third kappa shape index (κ3) is 6.65. The van der Waals surface area contributed by atoms with Gasteiger partial charge < -0.3 is 9.47 Å². The van der Waals surface area contributed by atoms with Gasteiger partial charge in [0.1, 0.15) is 0 Å². The van der Waals surface area contributed by atoms with Crippen molar-refractivity contribution in [2.75, 3.05) is 4.90 Å². The zero-order chi connectivity index (χ0) is 45.0. The van der Waals surface area contributed by atoms with Gasteiger partial charge in [-0.15, -0.1) is 0 Å². The van der Waals surface area contributed by atoms with Crippen molar-refractivity contribution in [3.63, 3.8) is 0 Å². The fraction of sp³-hybridized carbons (Fsp3) is 0. The maximum Gasteiger partial charge on any atom is 0.0619 e. The number of nitrogens with zero attached hydrogens (tertiary/aromatic N) is 2. The van der Waals surface area contributed by atoms with Crippen molar-refractivity contribution in [2.24, 2.45) is 0 Å². The van der Waals surface area contributed by atoms with Crippen LogP contribution in [0.2, 0.25) is 0 Å². The molecule has 0 saturated carbocycles. The van der Waals surface area contributed by atoms with Crippen LogP contribution in [0, 0.1) is 0 Å². The molecule has 0 amide bonds. The molecule has 1 heterocycles. The maximum absolute atomic E-state index is 2.42. The number of aromatic nitrogens is 1. The molecule has 0 unspecified atom stereocenters. The topological polar surface area (TPSA) is 8.17 Å². The molecule has 0 aliphatic carbocycles. The first-order valence-electron chi connectivity index (χ1n) is 23.4. The number of hydrogen-bond donors (Lipinski definition) is 0. The summed E-state index contributed by atoms with van der Waals surface area (Å²) in [4.78, 5) is 2.40. The number of rotatable bonds is 8. The molecule has 0 N–H and O–H groups in total. The van der Waals surface area contributed by atoms with Crippen LogP contribution in [0.25, 0.3) is 104 Å². The molecule has 1 aromatic heterocycles. The largest absolute Gasteiger partial charge is 0.310 e. The van der Waals surface area contributed by atoms with E-state index in [1.54, 1.807) is 0 Å². The number of benzene rings is 12. The number of hydrogen-bond acceptors (Lipinski definition) is 1. The lowest BCUT2D eigenvalue weighted by atomic mass is 9.84. The monoisotopic (exact) mass is 864 g/mol. The highest BCUT2D eigenvalue weighted by Crippen LogP contribution is 2.47. The quantitative estimate of drug-likeness (QED) is 0.138. The summed E-state index contributed by atoms with van der Waals surface area (Å²) in [6, 6.07) is 97.5. The van der Waals surface area contributed by atoms with E-state index in [1.165, 1.54) is 87.5 Å². The van der Waals surface area contributed by atoms with Gasteiger partial charge in [-0.05, 0) is 132 Å². The van der Waals surface area contributed by atoms with E-state index in [2.05, 4.69) is 276 Å². The summed E-state index contributed by atoms with van der Waals surface area (Å²) in [7, 11) is 0. The standard InChI is InChI=1S/C66H44N2/c1-4-19-47(20-5-1)64-60-30-13-12-28-57(60)58-41-37-50(44-62(58)65(64)48-21-6-2-7-22-48)46-34-38-53(39-35-46)67(55-40-36-45-18-10-11-23-49(45)42-55)54-27-16-24-51(43-54)56-31-17-32-61-59-29-14-15-33-63(59)68(66(56)61)52-25-8-3-9-26-52/h1-44H. The zero-order valence-electron chi connectivity index (χ0n) is 37.3. The van der Waals surface area contributed by atoms with Crippen molar-refractivity contribution in [1.29, 1.82) is 0 Å². The van der Waals surface area contributed by atoms with Gasteiger partial charge in [0.25, 0.3) is 0 Å². The van der Waals surface area contributed by atoms with E-state index in [4.69, 9.17) is 0 Å². The highest BCUT2D eigenvalue weighted by atomic mass is 15.1. The van der Waals surface area contributed by atoms with Crippen LogP contribution in [-0.2, 0) is 0 Å². The van der Waals surface area contributed by atoms with E-state index in [1.807, 2.05) is 0 Å². The maximum atomic E-state index is 2.42. The van der Waals surface area contributed by atoms with Gasteiger partial charge in [-0.2, -0.15) is 0 Å². The lowest BCUT2D eigenvalue weighted by Crippen LogP contribution is -2.10. The first-order chi connectivity index (χ1) is 33.7. The van der Waals surface area contributed by atoms with Crippen molar-refractivity contribution in [1.82, 2.24) is 4.57 Å². The van der Waals surface area contributed by atoms with Crippen molar-refractivity contribution in [2.45, 2.75) is 0 Å². The minimum Gasteiger partial charge on any atom is -0.310 e. The van der Waals surface area contributed by atoms with Gasteiger partial charge in [-0.1, -0.05) is 206 Å². The SMILES string of the molecule is c1ccc(-c2c(-c3ccccc3)c3cc(-c4ccc(N(c5cccc(-c6cccc7c8ccccc8n(-c8ccccc8)c67)c5)c5ccc6ccccc6c5)cc4)ccc3c3ccccc23)cc1. The Hall–Kier alpha value is -8.98. The molecule has 0 aliphatic rings. The van der Waals surface area contributed by atoms with Crippen molar-refractivity contribution in [3.05, 3.63) is 267 Å². The van der Waals surface area contributed by atoms with Gasteiger partial charge in [-0.3, -0.25) is 0 Å². The first kappa shape index (κ1) is 39.4. The molecule has 318 valence electrons. The van der Waals surface area contributed by atoms with Crippen LogP contribution in [0.5, 0.6) is 0 Å². The Morgan fingerprint density at radius 1 is 0.265 bits per heavy atom. The zero-order valence-corrected chi connectivity index (χ0v) is 37.3. The third-order valence-corrected chi connectivity index (χ3v) is 13.7. The molecule has 0 saturated heterocycles. The summed E-state index contributed by atoms with van der Waals surface area (Å²) >= 11 is 0. The average Bonchev–Trinajstić information content (AvgIpc) is 3.76. The fourth-order valence-corrected chi connectivity index (χ4v) is 10.7. The molecule has 0 bridgehead atoms. The third-order valence-electron chi connectivity index (χ3n) is 13.7. The van der Waals surface area contributed by atoms with Crippen LogP contribution >= 0.6 is 0 Å². The Labute approximate surface area is 395 Å². The highest BCUT2D eigenvalue weighted by Gasteiger charge is 2.21. The van der Waals surface area contributed by atoms with Crippen LogP contribution in [0.4, 0.5) is 17.1 Å². The van der Waals surface area contributed by atoms with Crippen LogP contribution < -0.4 is 4.90 Å². The van der Waals surface area contributed by atoms with Crippen LogP contribution in [0.3, 0.4) is 0 Å². The van der Waals surface area contributed by atoms with Crippen molar-refractivity contribution < 1.29 is 0 Å². The van der Waals surface area contributed by atoms with E-state index < -0.39 is 0 Å². The Morgan fingerprint density at radius 2 is 0.809 bits per heavy atom. The molecule has 0 radical (unpaired) electrons. The lowest BCUT2D eigenvalue weighted by molar-refractivity contribution is 1.18. The van der Waals surface area contributed by atoms with Crippen LogP contribution in [0.1, 0.15) is 0 Å². The first-order valence-corrected chi connectivity index (χ1v) is 23.4. The van der Waals surface area contributed by atoms with Gasteiger partial charge >= 0.3 is 0 Å². The van der Waals surface area contributed by atoms with E-state index in [0.717, 1.165) is 33.9 Å². The van der Waals surface area contributed by atoms with Crippen molar-refractivity contribution in [3.8, 4) is 50.2 Å². The van der Waals surface area contributed by atoms with Gasteiger partial charge in [0.15, 0.2) is 0 Å². The Bertz CT molecular complexity index is 4000. The molecular weight excluding hydrogens is 821 g/mol. The summed E-state index contributed by atoms with van der Waals surface area (Å²) in [6.45, 7) is 0. The van der Waals surface area contributed by atoms with Crippen LogP contribution in [0.15, 0.2) is 267 Å². The summed E-state index contributed by atoms with van der Waals surface area (Å²) < 4.78 is 2.42. The van der Waals surface area contributed by atoms with Gasteiger partial charge in [-0.25, -0.2) is 0 Å². The van der Waals surface area contributed by atoms with Crippen molar-refractivity contribution >= 4 is 71.2 Å². The van der Waals surface area contributed by atoms with Gasteiger partial charge in [0, 0.05) is 39.1 Å². The summed E-state index contributed by atoms with van der Waals surface area (Å²) in [5.74, 6) is 0. The summed E-state index contributed by atoms with van der Waals surface area (Å²) in [6.07, 6.45) is 0. The van der Waals surface area contributed by atoms with E-state index >= 15 is 0 Å². The molecule has 13 rings (SSSR count). The molecule has 68 heavy (non-hydrogen) atoms. The highest BCUT2D eigenvalue weighted by molar-refractivity contribution is 6.22. The molecule has 13 aromatic rings. The minimum absolute atomic E-state index is 1.08. The van der Waals surface area contributed by atoms with E-state index in [0.29, 0.717) is 0 Å². The predicted molar refractivity (Wildman–Crippen MR) is 290 cm³/mol. The average molecular weight is 865 g/mol. The number of anilines is 3. The fourth-order valence-electron chi connectivity index (χ4n) is 10.7. The molecule has 0 atom stereocenters. The molecule has 2 heteroatoms. The molecule has 0 spiro atoms. The molecule has 2 nitrogen and oxygen atoms in total. The van der Waals surface area contributed by atoms with E-state index in [9.17, 15) is 0 Å². The van der Waals surface area contributed by atoms with Gasteiger partial charge in [0.05, 0.1) is 11.0 Å². The molecule has 12 aromatic carbocycles. The second kappa shape index (κ2) is 16.5. The number of para-hydroxylation sites is 3. The second-order valence-corrected chi connectivity index (χ2v) is 17.6. The summed E-state index contributed by atoms with van der Waals surface area (Å²) in [5.41, 5.74) is 16.4. The Balaban J connectivity index is 0.969. The van der Waals surface area contributed by atoms with Crippen LogP contribution in [-0.4, -0.2) is 4.57 Å².